The molecule has 1 aliphatic carbocycles. The molecule has 9 heteroatoms. The molecule has 25 heavy (non-hydrogen) atoms. The number of aromatic nitrogens is 4. The molecule has 0 radical (unpaired) electrons. The molecule has 1 saturated carbocycles. The highest BCUT2D eigenvalue weighted by atomic mass is 16.5. The van der Waals surface area contributed by atoms with Gasteiger partial charge in [-0.3, -0.25) is 9.59 Å². The van der Waals surface area contributed by atoms with Crippen molar-refractivity contribution in [2.45, 2.75) is 25.2 Å². The normalized spacial score (nSPS) is 20.0. The number of likely N-dealkylation sites (tertiary alicyclic amines) is 1. The van der Waals surface area contributed by atoms with Crippen LogP contribution in [0, 0.1) is 5.92 Å². The van der Waals surface area contributed by atoms with Crippen LogP contribution in [0.1, 0.15) is 51.9 Å². The van der Waals surface area contributed by atoms with Gasteiger partial charge in [0.15, 0.2) is 5.69 Å². The van der Waals surface area contributed by atoms with Gasteiger partial charge < -0.3 is 14.7 Å². The monoisotopic (exact) mass is 344 g/mol. The van der Waals surface area contributed by atoms with Crippen molar-refractivity contribution in [3.63, 3.8) is 0 Å². The largest absolute Gasteiger partial charge is 0.360 e. The quantitative estimate of drug-likeness (QED) is 0.850. The third kappa shape index (κ3) is 3.26. The lowest BCUT2D eigenvalue weighted by Crippen LogP contribution is -2.33. The molecule has 1 unspecified atom stereocenters. The first-order chi connectivity index (χ1) is 12.1. The van der Waals surface area contributed by atoms with Crippen molar-refractivity contribution in [1.82, 2.24) is 30.4 Å². The molecule has 2 aliphatic rings. The molecule has 132 valence electrons. The van der Waals surface area contributed by atoms with E-state index >= 15 is 0 Å². The average Bonchev–Trinajstić information content (AvgIpc) is 3.04. The van der Waals surface area contributed by atoms with Crippen molar-refractivity contribution in [3.05, 3.63) is 29.4 Å². The maximum atomic E-state index is 12.4. The fraction of sp³-hybridized carbons (Fsp3) is 0.562. The second-order valence-corrected chi connectivity index (χ2v) is 6.75. The maximum absolute atomic E-state index is 12.4. The van der Waals surface area contributed by atoms with Crippen LogP contribution in [0.25, 0.3) is 0 Å². The number of amides is 2. The Morgan fingerprint density at radius 1 is 1.36 bits per heavy atom. The van der Waals surface area contributed by atoms with Gasteiger partial charge in [0.25, 0.3) is 11.8 Å². The predicted molar refractivity (Wildman–Crippen MR) is 85.8 cm³/mol. The Hall–Kier alpha value is -2.71. The molecule has 0 aromatic carbocycles. The van der Waals surface area contributed by atoms with Crippen LogP contribution in [0.3, 0.4) is 0 Å². The molecule has 0 bridgehead atoms. The van der Waals surface area contributed by atoms with Crippen molar-refractivity contribution in [2.24, 2.45) is 13.0 Å². The lowest BCUT2D eigenvalue weighted by atomic mass is 10.1. The van der Waals surface area contributed by atoms with Gasteiger partial charge in [0.1, 0.15) is 11.5 Å². The lowest BCUT2D eigenvalue weighted by Gasteiger charge is -2.16. The zero-order chi connectivity index (χ0) is 17.4. The Labute approximate surface area is 144 Å². The van der Waals surface area contributed by atoms with E-state index in [1.54, 1.807) is 18.0 Å². The lowest BCUT2D eigenvalue weighted by molar-refractivity contribution is 0.0776. The summed E-state index contributed by atoms with van der Waals surface area (Å²) in [5, 5.41) is 14.3. The summed E-state index contributed by atoms with van der Waals surface area (Å²) in [4.78, 5) is 26.4. The van der Waals surface area contributed by atoms with Gasteiger partial charge in [0, 0.05) is 38.7 Å². The minimum atomic E-state index is -0.226. The second-order valence-electron chi connectivity index (χ2n) is 6.75. The number of nitrogens with one attached hydrogen (secondary N) is 1. The van der Waals surface area contributed by atoms with E-state index < -0.39 is 0 Å². The summed E-state index contributed by atoms with van der Waals surface area (Å²) in [7, 11) is 1.70. The second kappa shape index (κ2) is 6.30. The van der Waals surface area contributed by atoms with Crippen LogP contribution in [0.2, 0.25) is 0 Å². The Kier molecular flexibility index (Phi) is 3.98. The molecule has 1 atom stereocenters. The number of hydrogen-bond acceptors (Lipinski definition) is 6. The van der Waals surface area contributed by atoms with E-state index in [0.717, 1.165) is 25.0 Å². The average molecular weight is 344 g/mol. The molecule has 3 heterocycles. The molecule has 0 spiro atoms. The fourth-order valence-electron chi connectivity index (χ4n) is 3.11. The van der Waals surface area contributed by atoms with Gasteiger partial charge in [-0.05, 0) is 25.2 Å². The minimum Gasteiger partial charge on any atom is -0.360 e. The molecule has 1 aliphatic heterocycles. The zero-order valence-corrected chi connectivity index (χ0v) is 14.0. The van der Waals surface area contributed by atoms with E-state index in [4.69, 9.17) is 4.52 Å². The van der Waals surface area contributed by atoms with Crippen molar-refractivity contribution in [3.8, 4) is 0 Å². The van der Waals surface area contributed by atoms with Crippen LogP contribution in [0.5, 0.6) is 0 Å². The molecule has 4 rings (SSSR count). The van der Waals surface area contributed by atoms with Crippen LogP contribution < -0.4 is 5.32 Å². The summed E-state index contributed by atoms with van der Waals surface area (Å²) in [6.07, 6.45) is 4.53. The molecule has 2 aromatic rings. The number of aryl methyl sites for hydroxylation is 1. The van der Waals surface area contributed by atoms with Crippen molar-refractivity contribution < 1.29 is 14.1 Å². The standard InChI is InChI=1S/C16H20N6O3/c1-21-13(8-18-20-21)16(24)22-5-4-10(9-22)7-17-15(23)12-6-14(25-19-12)11-2-3-11/h6,8,10-11H,2-5,7,9H2,1H3,(H,17,23). The highest BCUT2D eigenvalue weighted by molar-refractivity contribution is 5.93. The van der Waals surface area contributed by atoms with Gasteiger partial charge >= 0.3 is 0 Å². The zero-order valence-electron chi connectivity index (χ0n) is 14.0. The van der Waals surface area contributed by atoms with Crippen LogP contribution in [0.4, 0.5) is 0 Å². The molecular weight excluding hydrogens is 324 g/mol. The summed E-state index contributed by atoms with van der Waals surface area (Å²) in [5.41, 5.74) is 0.800. The first kappa shape index (κ1) is 15.8. The van der Waals surface area contributed by atoms with Crippen LogP contribution >= 0.6 is 0 Å². The van der Waals surface area contributed by atoms with E-state index in [2.05, 4.69) is 20.8 Å². The number of nitrogens with zero attached hydrogens (tertiary/aromatic N) is 5. The highest BCUT2D eigenvalue weighted by Gasteiger charge is 2.30. The minimum absolute atomic E-state index is 0.0769. The Bertz CT molecular complexity index is 793. The third-order valence-corrected chi connectivity index (χ3v) is 4.80. The van der Waals surface area contributed by atoms with Crippen molar-refractivity contribution in [2.75, 3.05) is 19.6 Å². The summed E-state index contributed by atoms with van der Waals surface area (Å²) < 4.78 is 6.68. The molecule has 2 fully saturated rings. The summed E-state index contributed by atoms with van der Waals surface area (Å²) in [5.74, 6) is 1.16. The molecule has 9 nitrogen and oxygen atoms in total. The summed E-state index contributed by atoms with van der Waals surface area (Å²) in [6.45, 7) is 1.79. The Morgan fingerprint density at radius 3 is 2.92 bits per heavy atom. The van der Waals surface area contributed by atoms with Crippen molar-refractivity contribution >= 4 is 11.8 Å². The topological polar surface area (TPSA) is 106 Å². The van der Waals surface area contributed by atoms with E-state index in [-0.39, 0.29) is 17.7 Å². The van der Waals surface area contributed by atoms with Crippen LogP contribution in [-0.2, 0) is 7.05 Å². The van der Waals surface area contributed by atoms with E-state index in [1.165, 1.54) is 10.9 Å². The van der Waals surface area contributed by atoms with Gasteiger partial charge in [-0.25, -0.2) is 4.68 Å². The maximum Gasteiger partial charge on any atom is 0.273 e. The predicted octanol–water partition coefficient (Wildman–Crippen LogP) is 0.573. The van der Waals surface area contributed by atoms with Gasteiger partial charge in [0.05, 0.1) is 6.20 Å². The summed E-state index contributed by atoms with van der Waals surface area (Å²) in [6, 6.07) is 1.73. The highest BCUT2D eigenvalue weighted by Crippen LogP contribution is 2.40. The van der Waals surface area contributed by atoms with E-state index in [9.17, 15) is 9.59 Å². The van der Waals surface area contributed by atoms with Gasteiger partial charge in [-0.1, -0.05) is 10.4 Å². The van der Waals surface area contributed by atoms with E-state index in [0.29, 0.717) is 36.9 Å². The molecule has 1 N–H and O–H groups in total. The van der Waals surface area contributed by atoms with Crippen molar-refractivity contribution in [1.29, 1.82) is 0 Å². The first-order valence-corrected chi connectivity index (χ1v) is 8.50. The molecule has 1 saturated heterocycles. The number of carbonyl (C=O) groups excluding carboxylic acids is 2. The Morgan fingerprint density at radius 2 is 2.20 bits per heavy atom. The number of carbonyl (C=O) groups is 2. The molecular formula is C16H20N6O3. The third-order valence-electron chi connectivity index (χ3n) is 4.80. The fourth-order valence-corrected chi connectivity index (χ4v) is 3.11. The van der Waals surface area contributed by atoms with Crippen LogP contribution in [0.15, 0.2) is 16.8 Å². The van der Waals surface area contributed by atoms with Crippen LogP contribution in [-0.4, -0.2) is 56.5 Å². The smallest absolute Gasteiger partial charge is 0.273 e. The van der Waals surface area contributed by atoms with Gasteiger partial charge in [-0.15, -0.1) is 5.10 Å². The van der Waals surface area contributed by atoms with Gasteiger partial charge in [-0.2, -0.15) is 0 Å². The summed E-state index contributed by atoms with van der Waals surface area (Å²) >= 11 is 0. The van der Waals surface area contributed by atoms with Gasteiger partial charge in [0.2, 0.25) is 0 Å². The first-order valence-electron chi connectivity index (χ1n) is 8.50. The SMILES string of the molecule is Cn1nncc1C(=O)N1CCC(CNC(=O)c2cc(C3CC3)on2)C1. The number of rotatable bonds is 5. The Balaban J connectivity index is 1.28. The van der Waals surface area contributed by atoms with E-state index in [1.807, 2.05) is 0 Å². The molecule has 2 aromatic heterocycles. The molecule has 2 amide bonds. The number of hydrogen-bond donors (Lipinski definition) is 1.